The van der Waals surface area contributed by atoms with E-state index in [-0.39, 0.29) is 17.1 Å². The summed E-state index contributed by atoms with van der Waals surface area (Å²) in [5.74, 6) is 0.146. The summed E-state index contributed by atoms with van der Waals surface area (Å²) in [6.45, 7) is 1.85. The molecule has 0 aliphatic carbocycles. The Kier molecular flexibility index (Phi) is 7.97. The number of carbonyl (C=O) groups excluding carboxylic acids is 1. The molecule has 3 aromatic rings. The van der Waals surface area contributed by atoms with Gasteiger partial charge in [0.1, 0.15) is 6.04 Å². The monoisotopic (exact) mass is 488 g/mol. The molecule has 0 spiro atoms. The number of benzene rings is 3. The number of hydrogen-bond acceptors (Lipinski definition) is 5. The van der Waals surface area contributed by atoms with E-state index in [0.717, 1.165) is 11.1 Å². The average Bonchev–Trinajstić information content (AvgIpc) is 2.81. The predicted molar refractivity (Wildman–Crippen MR) is 129 cm³/mol. The Balaban J connectivity index is 1.90. The largest absolute Gasteiger partial charge is 0.493 e. The van der Waals surface area contributed by atoms with Crippen LogP contribution in [-0.4, -0.2) is 34.6 Å². The lowest BCUT2D eigenvalue weighted by atomic mass is 10.1. The minimum absolute atomic E-state index is 0.0515. The van der Waals surface area contributed by atoms with Crippen molar-refractivity contribution in [3.8, 4) is 11.5 Å². The van der Waals surface area contributed by atoms with Crippen molar-refractivity contribution in [2.24, 2.45) is 0 Å². The molecule has 7 nitrogen and oxygen atoms in total. The number of anilines is 1. The van der Waals surface area contributed by atoms with Crippen LogP contribution >= 0.6 is 11.6 Å². The molecule has 0 aromatic heterocycles. The summed E-state index contributed by atoms with van der Waals surface area (Å²) in [6, 6.07) is 17.4. The SMILES string of the molecule is COc1ccc(S(=O)(=O)NC(Cc2ccccc2)C(=O)Nc2ccc(C)c(Cl)c2)cc1OC. The van der Waals surface area contributed by atoms with Crippen molar-refractivity contribution < 1.29 is 22.7 Å². The lowest BCUT2D eigenvalue weighted by molar-refractivity contribution is -0.117. The van der Waals surface area contributed by atoms with Gasteiger partial charge in [0.2, 0.25) is 15.9 Å². The first kappa shape index (κ1) is 24.6. The van der Waals surface area contributed by atoms with Crippen LogP contribution in [0.4, 0.5) is 5.69 Å². The fraction of sp³-hybridized carbons (Fsp3) is 0.208. The first-order valence-corrected chi connectivity index (χ1v) is 11.9. The van der Waals surface area contributed by atoms with Crippen LogP contribution in [0.2, 0.25) is 5.02 Å². The molecule has 1 atom stereocenters. The molecule has 3 rings (SSSR count). The van der Waals surface area contributed by atoms with E-state index in [1.807, 2.05) is 37.3 Å². The number of nitrogens with one attached hydrogen (secondary N) is 2. The van der Waals surface area contributed by atoms with Crippen LogP contribution in [0.15, 0.2) is 71.6 Å². The third-order valence-corrected chi connectivity index (χ3v) is 6.88. The zero-order valence-electron chi connectivity index (χ0n) is 18.5. The predicted octanol–water partition coefficient (Wildman–Crippen LogP) is 4.19. The Bertz CT molecular complexity index is 1230. The third kappa shape index (κ3) is 6.25. The molecule has 0 heterocycles. The van der Waals surface area contributed by atoms with Gasteiger partial charge >= 0.3 is 0 Å². The van der Waals surface area contributed by atoms with E-state index < -0.39 is 22.0 Å². The van der Waals surface area contributed by atoms with E-state index in [4.69, 9.17) is 21.1 Å². The summed E-state index contributed by atoms with van der Waals surface area (Å²) in [5, 5.41) is 3.25. The molecule has 1 unspecified atom stereocenters. The van der Waals surface area contributed by atoms with Crippen LogP contribution in [0.25, 0.3) is 0 Å². The lowest BCUT2D eigenvalue weighted by Gasteiger charge is -2.19. The van der Waals surface area contributed by atoms with Gasteiger partial charge in [-0.25, -0.2) is 8.42 Å². The van der Waals surface area contributed by atoms with Crippen LogP contribution < -0.4 is 19.5 Å². The number of aryl methyl sites for hydroxylation is 1. The number of ether oxygens (including phenoxy) is 2. The Morgan fingerprint density at radius 1 is 0.970 bits per heavy atom. The molecule has 9 heteroatoms. The highest BCUT2D eigenvalue weighted by Crippen LogP contribution is 2.29. The molecule has 0 aliphatic rings. The third-order valence-electron chi connectivity index (χ3n) is 5.00. The number of sulfonamides is 1. The molecule has 0 bridgehead atoms. The summed E-state index contributed by atoms with van der Waals surface area (Å²) in [7, 11) is -1.18. The Morgan fingerprint density at radius 2 is 1.67 bits per heavy atom. The Hall–Kier alpha value is -3.07. The standard InChI is InChI=1S/C24H25ClN2O5S/c1-16-9-10-18(14-20(16)25)26-24(28)21(13-17-7-5-4-6-8-17)27-33(29,30)19-11-12-22(31-2)23(15-19)32-3/h4-12,14-15,21,27H,13H2,1-3H3,(H,26,28). The molecule has 0 aliphatic heterocycles. The van der Waals surface area contributed by atoms with Gasteiger partial charge in [-0.15, -0.1) is 0 Å². The summed E-state index contributed by atoms with van der Waals surface area (Å²) in [6.07, 6.45) is 0.152. The number of carbonyl (C=O) groups is 1. The van der Waals surface area contributed by atoms with Gasteiger partial charge in [0, 0.05) is 16.8 Å². The smallest absolute Gasteiger partial charge is 0.242 e. The van der Waals surface area contributed by atoms with E-state index >= 15 is 0 Å². The van der Waals surface area contributed by atoms with Crippen molar-refractivity contribution in [1.82, 2.24) is 4.72 Å². The first-order chi connectivity index (χ1) is 15.7. The molecule has 0 fully saturated rings. The van der Waals surface area contributed by atoms with Gasteiger partial charge in [0.05, 0.1) is 19.1 Å². The van der Waals surface area contributed by atoms with Crippen molar-refractivity contribution >= 4 is 33.2 Å². The van der Waals surface area contributed by atoms with Crippen molar-refractivity contribution in [1.29, 1.82) is 0 Å². The number of hydrogen-bond donors (Lipinski definition) is 2. The van der Waals surface area contributed by atoms with Gasteiger partial charge in [-0.05, 0) is 48.7 Å². The Labute approximate surface area is 198 Å². The van der Waals surface area contributed by atoms with E-state index in [1.165, 1.54) is 32.4 Å². The summed E-state index contributed by atoms with van der Waals surface area (Å²) in [5.41, 5.74) is 2.14. The molecular formula is C24H25ClN2O5S. The second-order valence-electron chi connectivity index (χ2n) is 7.33. The zero-order chi connectivity index (χ0) is 24.0. The maximum absolute atomic E-state index is 13.1. The van der Waals surface area contributed by atoms with E-state index in [1.54, 1.807) is 18.2 Å². The normalized spacial score (nSPS) is 12.1. The Morgan fingerprint density at radius 3 is 2.30 bits per heavy atom. The van der Waals surface area contributed by atoms with E-state index in [9.17, 15) is 13.2 Å². The van der Waals surface area contributed by atoms with Gasteiger partial charge in [0.15, 0.2) is 11.5 Å². The summed E-state index contributed by atoms with van der Waals surface area (Å²) in [4.78, 5) is 13.1. The minimum atomic E-state index is -4.06. The summed E-state index contributed by atoms with van der Waals surface area (Å²) >= 11 is 6.16. The van der Waals surface area contributed by atoms with Gasteiger partial charge < -0.3 is 14.8 Å². The van der Waals surface area contributed by atoms with Crippen LogP contribution in [-0.2, 0) is 21.2 Å². The topological polar surface area (TPSA) is 93.7 Å². The maximum Gasteiger partial charge on any atom is 0.242 e. The van der Waals surface area contributed by atoms with Gasteiger partial charge in [-0.3, -0.25) is 4.79 Å². The highest BCUT2D eigenvalue weighted by molar-refractivity contribution is 7.89. The van der Waals surface area contributed by atoms with Gasteiger partial charge in [0.25, 0.3) is 0 Å². The quantitative estimate of drug-likeness (QED) is 0.471. The van der Waals surface area contributed by atoms with Crippen LogP contribution in [0.5, 0.6) is 11.5 Å². The van der Waals surface area contributed by atoms with E-state index in [0.29, 0.717) is 16.5 Å². The molecule has 33 heavy (non-hydrogen) atoms. The molecule has 0 radical (unpaired) electrons. The highest BCUT2D eigenvalue weighted by atomic mass is 35.5. The molecule has 0 saturated carbocycles. The minimum Gasteiger partial charge on any atom is -0.493 e. The zero-order valence-corrected chi connectivity index (χ0v) is 20.0. The first-order valence-electron chi connectivity index (χ1n) is 10.1. The molecule has 1 amide bonds. The van der Waals surface area contributed by atoms with Crippen LogP contribution in [0, 0.1) is 6.92 Å². The molecule has 3 aromatic carbocycles. The molecule has 174 valence electrons. The second-order valence-corrected chi connectivity index (χ2v) is 9.45. The number of rotatable bonds is 9. The molecule has 2 N–H and O–H groups in total. The van der Waals surface area contributed by atoms with Crippen LogP contribution in [0.1, 0.15) is 11.1 Å². The second kappa shape index (κ2) is 10.7. The maximum atomic E-state index is 13.1. The van der Waals surface area contributed by atoms with Crippen LogP contribution in [0.3, 0.4) is 0 Å². The molecular weight excluding hydrogens is 464 g/mol. The lowest BCUT2D eigenvalue weighted by Crippen LogP contribution is -2.45. The van der Waals surface area contributed by atoms with Crippen molar-refractivity contribution in [2.45, 2.75) is 24.3 Å². The number of methoxy groups -OCH3 is 2. The van der Waals surface area contributed by atoms with Crippen molar-refractivity contribution in [2.75, 3.05) is 19.5 Å². The van der Waals surface area contributed by atoms with Gasteiger partial charge in [-0.1, -0.05) is 48.0 Å². The average molecular weight is 489 g/mol. The van der Waals surface area contributed by atoms with E-state index in [2.05, 4.69) is 10.0 Å². The highest BCUT2D eigenvalue weighted by Gasteiger charge is 2.27. The van der Waals surface area contributed by atoms with Crippen molar-refractivity contribution in [3.05, 3.63) is 82.9 Å². The van der Waals surface area contributed by atoms with Gasteiger partial charge in [-0.2, -0.15) is 4.72 Å². The fourth-order valence-corrected chi connectivity index (χ4v) is 4.57. The number of halogens is 1. The van der Waals surface area contributed by atoms with Crippen molar-refractivity contribution in [3.63, 3.8) is 0 Å². The fourth-order valence-electron chi connectivity index (χ4n) is 3.18. The summed E-state index contributed by atoms with van der Waals surface area (Å²) < 4.78 is 39.2. The molecule has 0 saturated heterocycles. The number of amides is 1.